The van der Waals surface area contributed by atoms with Crippen LogP contribution in [0.3, 0.4) is 0 Å². The highest BCUT2D eigenvalue weighted by Crippen LogP contribution is 2.40. The molecule has 1 aliphatic heterocycles. The highest BCUT2D eigenvalue weighted by atomic mass is 127. The Bertz CT molecular complexity index is 889. The number of fused-ring (bicyclic) bond motifs is 1. The lowest BCUT2D eigenvalue weighted by Gasteiger charge is -2.22. The van der Waals surface area contributed by atoms with Crippen LogP contribution in [0.1, 0.15) is 45.7 Å². The Kier molecular flexibility index (Phi) is 7.59. The van der Waals surface area contributed by atoms with E-state index in [1.165, 1.54) is 0 Å². The summed E-state index contributed by atoms with van der Waals surface area (Å²) in [5.41, 5.74) is 1.59. The molecule has 1 aliphatic rings. The van der Waals surface area contributed by atoms with Crippen LogP contribution in [0, 0.1) is 3.57 Å². The average Bonchev–Trinajstić information content (AvgIpc) is 2.96. The Morgan fingerprint density at radius 3 is 2.79 bits per heavy atom. The van der Waals surface area contributed by atoms with E-state index >= 15 is 0 Å². The molecule has 160 valence electrons. The van der Waals surface area contributed by atoms with E-state index in [2.05, 4.69) is 32.9 Å². The van der Waals surface area contributed by atoms with Crippen molar-refractivity contribution in [1.82, 2.24) is 4.98 Å². The normalized spacial score (nSPS) is 17.5. The minimum absolute atomic E-state index is 0.131. The van der Waals surface area contributed by atoms with Crippen molar-refractivity contribution in [1.29, 1.82) is 0 Å². The second-order valence-corrected chi connectivity index (χ2v) is 9.80. The lowest BCUT2D eigenvalue weighted by molar-refractivity contribution is -0.161. The van der Waals surface area contributed by atoms with E-state index in [-0.39, 0.29) is 6.29 Å². The number of carbonyl (C=O) groups excluding carboxylic acids is 1. The van der Waals surface area contributed by atoms with E-state index in [0.717, 1.165) is 40.5 Å². The number of hydrogen-bond donors (Lipinski definition) is 2. The van der Waals surface area contributed by atoms with Gasteiger partial charge in [0.15, 0.2) is 6.29 Å². The lowest BCUT2D eigenvalue weighted by atomic mass is 10.2. The average molecular weight is 555 g/mol. The molecule has 1 atom stereocenters. The number of ether oxygens (including phenoxy) is 3. The van der Waals surface area contributed by atoms with Crippen LogP contribution in [0.15, 0.2) is 6.07 Å². The van der Waals surface area contributed by atoms with Gasteiger partial charge in [0, 0.05) is 27.7 Å². The van der Waals surface area contributed by atoms with Gasteiger partial charge in [0.1, 0.15) is 5.60 Å². The molecule has 1 unspecified atom stereocenters. The van der Waals surface area contributed by atoms with Crippen LogP contribution in [-0.2, 0) is 20.6 Å². The predicted molar refractivity (Wildman–Crippen MR) is 124 cm³/mol. The molecule has 29 heavy (non-hydrogen) atoms. The monoisotopic (exact) mass is 554 g/mol. The largest absolute Gasteiger partial charge is 0.444 e. The number of hydrogen-bond acceptors (Lipinski definition) is 4. The fourth-order valence-corrected chi connectivity index (χ4v) is 4.51. The molecule has 6 nitrogen and oxygen atoms in total. The van der Waals surface area contributed by atoms with Gasteiger partial charge in [0.25, 0.3) is 0 Å². The quantitative estimate of drug-likeness (QED) is 0.413. The fourth-order valence-electron chi connectivity index (χ4n) is 3.15. The standard InChI is InChI=1S/C20H25Cl2IN2O4/c1-20(2,3)29-19(26)25-13-10-11(21)16(22)18-15(13)17(23)12(24-18)7-9-28-14-6-4-5-8-27-14/h10,14,24H,4-9H2,1-3H3,(H,25,26). The van der Waals surface area contributed by atoms with E-state index in [9.17, 15) is 4.79 Å². The number of rotatable bonds is 5. The summed E-state index contributed by atoms with van der Waals surface area (Å²) in [7, 11) is 0. The SMILES string of the molecule is CC(C)(C)OC(=O)Nc1cc(Cl)c(Cl)c2[nH]c(CCOC3CCCCO3)c(I)c12. The van der Waals surface area contributed by atoms with Crippen molar-refractivity contribution >= 4 is 68.5 Å². The number of aromatic nitrogens is 1. The van der Waals surface area contributed by atoms with Gasteiger partial charge >= 0.3 is 6.09 Å². The van der Waals surface area contributed by atoms with Crippen molar-refractivity contribution in [2.45, 2.75) is 58.3 Å². The molecule has 1 aromatic carbocycles. The predicted octanol–water partition coefficient (Wildman–Crippen LogP) is 6.51. The summed E-state index contributed by atoms with van der Waals surface area (Å²) in [6, 6.07) is 1.64. The topological polar surface area (TPSA) is 72.6 Å². The molecule has 1 fully saturated rings. The summed E-state index contributed by atoms with van der Waals surface area (Å²) < 4.78 is 17.8. The molecule has 2 heterocycles. The molecule has 0 spiro atoms. The molecule has 1 saturated heterocycles. The Morgan fingerprint density at radius 2 is 2.14 bits per heavy atom. The molecule has 1 amide bonds. The van der Waals surface area contributed by atoms with Gasteiger partial charge in [-0.3, -0.25) is 5.32 Å². The second kappa shape index (κ2) is 9.60. The number of H-pyrrole nitrogens is 1. The van der Waals surface area contributed by atoms with Gasteiger partial charge in [-0.25, -0.2) is 4.79 Å². The molecule has 0 bridgehead atoms. The highest BCUT2D eigenvalue weighted by Gasteiger charge is 2.22. The summed E-state index contributed by atoms with van der Waals surface area (Å²) in [5, 5.41) is 4.35. The van der Waals surface area contributed by atoms with Gasteiger partial charge in [-0.15, -0.1) is 0 Å². The van der Waals surface area contributed by atoms with E-state index in [4.69, 9.17) is 37.4 Å². The maximum Gasteiger partial charge on any atom is 0.412 e. The first-order valence-corrected chi connectivity index (χ1v) is 11.4. The molecule has 9 heteroatoms. The van der Waals surface area contributed by atoms with Crippen LogP contribution in [0.4, 0.5) is 10.5 Å². The zero-order valence-electron chi connectivity index (χ0n) is 16.7. The number of carbonyl (C=O) groups is 1. The fraction of sp³-hybridized carbons (Fsp3) is 0.550. The summed E-state index contributed by atoms with van der Waals surface area (Å²) in [6.45, 7) is 6.71. The van der Waals surface area contributed by atoms with Crippen molar-refractivity contribution in [2.24, 2.45) is 0 Å². The number of benzene rings is 1. The van der Waals surface area contributed by atoms with Crippen LogP contribution in [0.5, 0.6) is 0 Å². The van der Waals surface area contributed by atoms with Crippen LogP contribution >= 0.6 is 45.8 Å². The number of anilines is 1. The lowest BCUT2D eigenvalue weighted by Crippen LogP contribution is -2.27. The number of amides is 1. The third kappa shape index (κ3) is 5.91. The molecular formula is C20H25Cl2IN2O4. The van der Waals surface area contributed by atoms with Crippen molar-refractivity contribution in [3.8, 4) is 0 Å². The minimum atomic E-state index is -0.603. The van der Waals surface area contributed by atoms with E-state index < -0.39 is 11.7 Å². The third-order valence-corrected chi connectivity index (χ3v) is 6.39. The van der Waals surface area contributed by atoms with E-state index in [0.29, 0.717) is 34.3 Å². The molecule has 2 aromatic rings. The van der Waals surface area contributed by atoms with Crippen LogP contribution in [-0.4, -0.2) is 36.2 Å². The van der Waals surface area contributed by atoms with Crippen molar-refractivity contribution < 1.29 is 19.0 Å². The van der Waals surface area contributed by atoms with E-state index in [1.807, 2.05) is 20.8 Å². The van der Waals surface area contributed by atoms with Gasteiger partial charge in [-0.2, -0.15) is 0 Å². The smallest absolute Gasteiger partial charge is 0.412 e. The number of aromatic amines is 1. The van der Waals surface area contributed by atoms with Gasteiger partial charge in [-0.1, -0.05) is 23.2 Å². The highest BCUT2D eigenvalue weighted by molar-refractivity contribution is 14.1. The molecule has 1 aromatic heterocycles. The maximum absolute atomic E-state index is 12.3. The number of nitrogens with one attached hydrogen (secondary N) is 2. The second-order valence-electron chi connectivity index (χ2n) is 7.93. The molecule has 3 rings (SSSR count). The van der Waals surface area contributed by atoms with Gasteiger partial charge in [-0.05, 0) is 68.7 Å². The summed E-state index contributed by atoms with van der Waals surface area (Å²) >= 11 is 15.0. The Hall–Kier alpha value is -0.740. The van der Waals surface area contributed by atoms with Crippen molar-refractivity contribution in [3.05, 3.63) is 25.4 Å². The van der Waals surface area contributed by atoms with Crippen LogP contribution in [0.25, 0.3) is 10.9 Å². The van der Waals surface area contributed by atoms with E-state index in [1.54, 1.807) is 6.07 Å². The minimum Gasteiger partial charge on any atom is -0.444 e. The summed E-state index contributed by atoms with van der Waals surface area (Å²) in [6.07, 6.45) is 3.12. The molecular weight excluding hydrogens is 530 g/mol. The summed E-state index contributed by atoms with van der Waals surface area (Å²) in [4.78, 5) is 15.6. The Labute approximate surface area is 194 Å². The van der Waals surface area contributed by atoms with Crippen molar-refractivity contribution in [3.63, 3.8) is 0 Å². The Balaban J connectivity index is 1.81. The van der Waals surface area contributed by atoms with Gasteiger partial charge in [0.2, 0.25) is 0 Å². The first-order valence-electron chi connectivity index (χ1n) is 9.57. The third-order valence-electron chi connectivity index (χ3n) is 4.41. The first kappa shape index (κ1) is 22.9. The zero-order chi connectivity index (χ0) is 21.2. The van der Waals surface area contributed by atoms with Crippen LogP contribution in [0.2, 0.25) is 10.0 Å². The van der Waals surface area contributed by atoms with Gasteiger partial charge < -0.3 is 19.2 Å². The van der Waals surface area contributed by atoms with Gasteiger partial charge in [0.05, 0.1) is 27.9 Å². The Morgan fingerprint density at radius 1 is 1.38 bits per heavy atom. The molecule has 0 saturated carbocycles. The van der Waals surface area contributed by atoms with Crippen LogP contribution < -0.4 is 5.32 Å². The zero-order valence-corrected chi connectivity index (χ0v) is 20.3. The molecule has 0 aliphatic carbocycles. The molecule has 2 N–H and O–H groups in total. The summed E-state index contributed by atoms with van der Waals surface area (Å²) in [5.74, 6) is 0. The van der Waals surface area contributed by atoms with Crippen molar-refractivity contribution in [2.75, 3.05) is 18.5 Å². The number of halogens is 3. The maximum atomic E-state index is 12.3. The molecule has 0 radical (unpaired) electrons. The first-order chi connectivity index (χ1) is 13.7.